The van der Waals surface area contributed by atoms with Crippen LogP contribution in [0.3, 0.4) is 0 Å². The summed E-state index contributed by atoms with van der Waals surface area (Å²) in [6, 6.07) is 60.0. The lowest BCUT2D eigenvalue weighted by molar-refractivity contribution is -0.138. The highest BCUT2D eigenvalue weighted by Gasteiger charge is 2.34. The van der Waals surface area contributed by atoms with Crippen molar-refractivity contribution in [1.82, 2.24) is 100 Å². The SMILES string of the molecule is CCCC(C)C(O)c1cn(-c2ccc(CC(=O)Cc3ccccc3C(F)(F)F)cc2)nn1.CCCCn1nnc(-c2ccc(CC(=O)Cc3cnccc3C)cc2)n1.CCCCn1nnc(-c2ccc(CC(=O)Cc3cnccc3F)cc2)n1.COCOc1ccc(C)c(CC(=O)Cc2ccc(-n3cc(CCC(C)C)nn3)cc2)c1.Cc1nc(Cl)c2ccccc2c1CC(=O)Cc1ccc(-n2cc(CCC(C)C)nn2)cc1. The summed E-state index contributed by atoms with van der Waals surface area (Å²) >= 11 is 6.29. The Morgan fingerprint density at radius 1 is 0.442 bits per heavy atom. The second-order valence-electron chi connectivity index (χ2n) is 37.5. The van der Waals surface area contributed by atoms with Gasteiger partial charge in [0.15, 0.2) is 6.79 Å². The number of tetrazole rings is 2. The summed E-state index contributed by atoms with van der Waals surface area (Å²) < 4.78 is 68.5. The van der Waals surface area contributed by atoms with Crippen LogP contribution in [0.4, 0.5) is 17.6 Å². The lowest BCUT2D eigenvalue weighted by Crippen LogP contribution is -2.13. The standard InChI is InChI=1S/C26H27ClN4O.C25H31N3O3.C24H26F3N3O2.C20H23N5O.C19H20FN5O/c1-17(2)8-11-20-16-31(30-29-20)21-12-9-19(10-13-21)14-22(32)15-25-18(3)28-26(27)24-7-5-4-6-23(24)25;1-18(2)5-9-22-16-28(27-26-22)23-10-7-20(8-11-23)13-24(29)14-21-15-25(31-17-30-4)12-6-19(21)3;1-3-6-16(2)23(32)22-15-30(29-28-22)19-11-9-17(10-12-19)13-20(31)14-18-7-4-5-8-21(18)24(25,26)27;1-3-4-11-25-23-20(22-24-25)17-7-5-16(6-8-17)12-19(26)13-18-14-21-10-9-15(18)2;1-2-3-10-25-23-19(22-24-25)15-6-4-14(5-7-15)11-17(26)12-16-13-21-9-8-18(16)20/h4-7,9-10,12-13,16-17H,8,11,14-15H2,1-3H3;6-8,10-12,15-16,18H,5,9,13-14,17H2,1-4H3;4-5,7-12,15-16,23,32H,3,6,13-14H2,1-2H3;5-10,14H,3-4,11-13H2,1-2H3;4-9,13H,2-3,10-12H2,1H3. The molecule has 0 saturated carbocycles. The lowest BCUT2D eigenvalue weighted by atomic mass is 9.97. The summed E-state index contributed by atoms with van der Waals surface area (Å²) in [5.74, 6) is 2.97. The Kier molecular flexibility index (Phi) is 41.8. The summed E-state index contributed by atoms with van der Waals surface area (Å²) in [5, 5.41) is 62.9. The van der Waals surface area contributed by atoms with Gasteiger partial charge in [0, 0.05) is 124 Å². The number of halogens is 5. The average Bonchev–Trinajstić information content (AvgIpc) is 1.42. The number of carbonyl (C=O) groups is 5. The van der Waals surface area contributed by atoms with E-state index in [0.717, 1.165) is 184 Å². The molecule has 2 atom stereocenters. The number of hydrogen-bond acceptors (Lipinski definition) is 23. The largest absolute Gasteiger partial charge is 0.468 e. The lowest BCUT2D eigenvalue weighted by Gasteiger charge is -2.15. The number of methoxy groups -OCH3 is 1. The van der Waals surface area contributed by atoms with Crippen LogP contribution in [-0.4, -0.2) is 148 Å². The fourth-order valence-corrected chi connectivity index (χ4v) is 16.4. The minimum absolute atomic E-state index is 0.0207. The van der Waals surface area contributed by atoms with Crippen molar-refractivity contribution in [2.24, 2.45) is 17.8 Å². The predicted molar refractivity (Wildman–Crippen MR) is 558 cm³/mol. The molecule has 0 aliphatic carbocycles. The molecule has 8 aromatic carbocycles. The first-order valence-electron chi connectivity index (χ1n) is 49.8. The maximum atomic E-state index is 13.6. The van der Waals surface area contributed by atoms with E-state index in [1.807, 2.05) is 186 Å². The molecule has 0 saturated heterocycles. The molecule has 0 aliphatic heterocycles. The Morgan fingerprint density at radius 2 is 0.871 bits per heavy atom. The number of aryl methyl sites for hydroxylation is 7. The van der Waals surface area contributed by atoms with Gasteiger partial charge in [0.25, 0.3) is 0 Å². The maximum absolute atomic E-state index is 13.6. The van der Waals surface area contributed by atoms with Gasteiger partial charge in [-0.05, 0) is 227 Å². The minimum Gasteiger partial charge on any atom is -0.468 e. The molecule has 8 heterocycles. The average molecular weight is 2020 g/mol. The number of ketones is 5. The van der Waals surface area contributed by atoms with E-state index in [-0.39, 0.29) is 72.9 Å². The van der Waals surface area contributed by atoms with Gasteiger partial charge in [-0.3, -0.25) is 33.9 Å². The van der Waals surface area contributed by atoms with E-state index >= 15 is 0 Å². The summed E-state index contributed by atoms with van der Waals surface area (Å²) in [6.07, 6.45) is 19.1. The third kappa shape index (κ3) is 34.4. The van der Waals surface area contributed by atoms with Gasteiger partial charge < -0.3 is 14.6 Å². The van der Waals surface area contributed by atoms with Gasteiger partial charge in [-0.25, -0.2) is 23.4 Å². The van der Waals surface area contributed by atoms with E-state index < -0.39 is 23.7 Å². The number of ether oxygens (including phenoxy) is 2. The number of benzene rings is 8. The Hall–Kier alpha value is -14.9. The zero-order valence-corrected chi connectivity index (χ0v) is 86.1. The van der Waals surface area contributed by atoms with Crippen LogP contribution in [0.1, 0.15) is 208 Å². The second kappa shape index (κ2) is 55.4. The summed E-state index contributed by atoms with van der Waals surface area (Å²) in [4.78, 5) is 78.0. The minimum atomic E-state index is -4.49. The highest BCUT2D eigenvalue weighted by Crippen LogP contribution is 2.34. The Bertz CT molecular complexity index is 6800. The Morgan fingerprint density at radius 3 is 1.34 bits per heavy atom. The predicted octanol–water partition coefficient (Wildman–Crippen LogP) is 21.6. The number of nitrogens with zero attached hydrogens (tertiary/aromatic N) is 20. The van der Waals surface area contributed by atoms with Gasteiger partial charge in [0.2, 0.25) is 11.6 Å². The molecular formula is C114H127ClF4N20O8. The van der Waals surface area contributed by atoms with Gasteiger partial charge >= 0.3 is 6.18 Å². The number of fused-ring (bicyclic) bond motifs is 1. The number of carbonyl (C=O) groups excluding carboxylic acids is 5. The zero-order chi connectivity index (χ0) is 105. The van der Waals surface area contributed by atoms with Crippen molar-refractivity contribution in [2.75, 3.05) is 13.9 Å². The molecule has 766 valence electrons. The van der Waals surface area contributed by atoms with Crippen LogP contribution in [0.2, 0.25) is 5.15 Å². The van der Waals surface area contributed by atoms with Crippen molar-refractivity contribution in [3.8, 4) is 45.6 Å². The van der Waals surface area contributed by atoms with Crippen LogP contribution >= 0.6 is 11.6 Å². The topological polar surface area (TPSA) is 342 Å². The van der Waals surface area contributed by atoms with Crippen LogP contribution in [0.25, 0.3) is 50.6 Å². The molecule has 0 aliphatic rings. The van der Waals surface area contributed by atoms with E-state index in [1.54, 1.807) is 73.6 Å². The molecule has 0 spiro atoms. The summed E-state index contributed by atoms with van der Waals surface area (Å²) in [5.41, 5.74) is 16.8. The van der Waals surface area contributed by atoms with E-state index in [0.29, 0.717) is 95.4 Å². The third-order valence-electron chi connectivity index (χ3n) is 24.6. The molecule has 8 aromatic heterocycles. The van der Waals surface area contributed by atoms with E-state index in [4.69, 9.17) is 21.1 Å². The van der Waals surface area contributed by atoms with Crippen LogP contribution in [0, 0.1) is 44.3 Å². The van der Waals surface area contributed by atoms with Crippen molar-refractivity contribution in [3.05, 3.63) is 350 Å². The van der Waals surface area contributed by atoms with Crippen molar-refractivity contribution < 1.29 is 56.1 Å². The number of aromatic nitrogens is 20. The van der Waals surface area contributed by atoms with Crippen LogP contribution in [0.5, 0.6) is 5.75 Å². The molecule has 147 heavy (non-hydrogen) atoms. The van der Waals surface area contributed by atoms with Gasteiger partial charge in [-0.15, -0.1) is 35.7 Å². The molecule has 28 nitrogen and oxygen atoms in total. The quantitative estimate of drug-likeness (QED) is 0.0210. The molecule has 1 N–H and O–H groups in total. The smallest absolute Gasteiger partial charge is 0.416 e. The van der Waals surface area contributed by atoms with E-state index in [1.165, 1.54) is 36.7 Å². The number of alkyl halides is 3. The second-order valence-corrected chi connectivity index (χ2v) is 37.9. The Balaban J connectivity index is 0.000000164. The van der Waals surface area contributed by atoms with Gasteiger partial charge in [0.05, 0.1) is 65.7 Å². The maximum Gasteiger partial charge on any atom is 0.416 e. The normalized spacial score (nSPS) is 11.6. The van der Waals surface area contributed by atoms with Crippen LogP contribution in [-0.2, 0) is 125 Å². The van der Waals surface area contributed by atoms with E-state index in [9.17, 15) is 46.6 Å². The first kappa shape index (κ1) is 111. The van der Waals surface area contributed by atoms with Crippen molar-refractivity contribution >= 4 is 51.3 Å². The summed E-state index contributed by atoms with van der Waals surface area (Å²) in [7, 11) is 1.58. The number of Topliss-reactive ketones (excluding diaryl/α,β-unsaturated/α-hetero) is 5. The third-order valence-corrected chi connectivity index (χ3v) is 24.9. The molecular weight excluding hydrogens is 1890 g/mol. The number of rotatable bonds is 44. The van der Waals surface area contributed by atoms with Crippen molar-refractivity contribution in [1.29, 1.82) is 0 Å². The van der Waals surface area contributed by atoms with Gasteiger partial charge in [-0.2, -0.15) is 22.8 Å². The molecule has 0 radical (unpaired) electrons. The number of pyridine rings is 3. The highest BCUT2D eigenvalue weighted by molar-refractivity contribution is 6.34. The van der Waals surface area contributed by atoms with Crippen molar-refractivity contribution in [3.63, 3.8) is 0 Å². The van der Waals surface area contributed by atoms with Crippen LogP contribution in [0.15, 0.2) is 244 Å². The molecule has 16 rings (SSSR count). The first-order valence-corrected chi connectivity index (χ1v) is 50.1. The molecule has 0 bridgehead atoms. The number of unbranched alkanes of at least 4 members (excludes halogenated alkanes) is 2. The molecule has 16 aromatic rings. The molecule has 2 unspecified atom stereocenters. The van der Waals surface area contributed by atoms with Gasteiger partial charge in [-0.1, -0.05) is 235 Å². The van der Waals surface area contributed by atoms with E-state index in [2.05, 4.69) is 125 Å². The van der Waals surface area contributed by atoms with Crippen molar-refractivity contribution in [2.45, 2.75) is 230 Å². The first-order chi connectivity index (χ1) is 70.8. The molecule has 0 amide bonds. The van der Waals surface area contributed by atoms with Gasteiger partial charge in [0.1, 0.15) is 57.4 Å². The zero-order valence-electron chi connectivity index (χ0n) is 85.3. The Labute approximate surface area is 859 Å². The molecule has 0 fully saturated rings. The number of hydrogen-bond donors (Lipinski definition) is 1. The number of aliphatic hydroxyl groups excluding tert-OH is 1. The van der Waals surface area contributed by atoms with Crippen LogP contribution < -0.4 is 4.74 Å². The highest BCUT2D eigenvalue weighted by atomic mass is 35.5. The monoisotopic (exact) mass is 2010 g/mol. The summed E-state index contributed by atoms with van der Waals surface area (Å²) in [6.45, 7) is 24.7. The molecule has 33 heteroatoms. The fourth-order valence-electron chi connectivity index (χ4n) is 16.1. The number of aliphatic hydroxyl groups is 1. The fraction of sp³-hybridized carbons (Fsp3) is 0.351.